The summed E-state index contributed by atoms with van der Waals surface area (Å²) in [5, 5.41) is 5.32. The van der Waals surface area contributed by atoms with Crippen molar-refractivity contribution in [2.24, 2.45) is 0 Å². The van der Waals surface area contributed by atoms with Crippen LogP contribution in [0.25, 0.3) is 0 Å². The van der Waals surface area contributed by atoms with Crippen LogP contribution >= 0.6 is 24.0 Å². The van der Waals surface area contributed by atoms with Gasteiger partial charge in [0.1, 0.15) is 0 Å². The molecule has 1 heterocycles. The van der Waals surface area contributed by atoms with Gasteiger partial charge in [0.05, 0.1) is 10.9 Å². The smallest absolute Gasteiger partial charge is 0.240 e. The maximum Gasteiger partial charge on any atom is 0.240 e. The number of nitrogens with one attached hydrogen (secondary N) is 4. The monoisotopic (exact) mass is 310 g/mol. The normalized spacial score (nSPS) is 16.6. The lowest BCUT2D eigenvalue weighted by Crippen LogP contribution is -2.47. The first kappa shape index (κ1) is 14.6. The number of benzene rings is 1. The summed E-state index contributed by atoms with van der Waals surface area (Å²) in [7, 11) is 1.64. The zero-order valence-electron chi connectivity index (χ0n) is 10.7. The van der Waals surface area contributed by atoms with E-state index in [1.807, 2.05) is 24.3 Å². The van der Waals surface area contributed by atoms with Gasteiger partial charge in [0, 0.05) is 18.4 Å². The third kappa shape index (κ3) is 3.61. The molecule has 1 aromatic carbocycles. The maximum absolute atomic E-state index is 11.9. The van der Waals surface area contributed by atoms with Crippen LogP contribution in [-0.4, -0.2) is 29.2 Å². The molecular formula is C12H14N4O2S2. The molecule has 1 aliphatic heterocycles. The molecule has 0 saturated carbocycles. The standard InChI is InChI=1S/C12H14N4O2S2/c1-13-12(19)16-15-10(17)6-9-11(18)14-7-4-2-3-5-8(7)20-9/h2-5,9H,6H2,1H3,(H,14,18)(H,15,17)(H2,13,16,19)/t9-/m1/s1. The molecule has 6 nitrogen and oxygen atoms in total. The van der Waals surface area contributed by atoms with Crippen LogP contribution in [0.4, 0.5) is 5.69 Å². The number of fused-ring (bicyclic) bond motifs is 1. The molecule has 2 amide bonds. The van der Waals surface area contributed by atoms with E-state index in [1.165, 1.54) is 11.8 Å². The Kier molecular flexibility index (Phi) is 4.80. The molecule has 1 aliphatic rings. The molecule has 8 heteroatoms. The lowest BCUT2D eigenvalue weighted by molar-refractivity contribution is -0.124. The fourth-order valence-electron chi connectivity index (χ4n) is 1.64. The van der Waals surface area contributed by atoms with Gasteiger partial charge >= 0.3 is 0 Å². The zero-order chi connectivity index (χ0) is 14.5. The van der Waals surface area contributed by atoms with Crippen molar-refractivity contribution in [3.05, 3.63) is 24.3 Å². The first-order valence-electron chi connectivity index (χ1n) is 5.93. The topological polar surface area (TPSA) is 82.3 Å². The van der Waals surface area contributed by atoms with E-state index in [0.717, 1.165) is 10.6 Å². The van der Waals surface area contributed by atoms with Crippen molar-refractivity contribution in [2.75, 3.05) is 12.4 Å². The van der Waals surface area contributed by atoms with E-state index >= 15 is 0 Å². The number of thiocarbonyl (C=S) groups is 1. The number of amides is 2. The van der Waals surface area contributed by atoms with Gasteiger partial charge in [-0.3, -0.25) is 20.4 Å². The second kappa shape index (κ2) is 6.58. The lowest BCUT2D eigenvalue weighted by Gasteiger charge is -2.23. The Bertz CT molecular complexity index is 550. The molecule has 0 spiro atoms. The summed E-state index contributed by atoms with van der Waals surface area (Å²) >= 11 is 6.22. The lowest BCUT2D eigenvalue weighted by atomic mass is 10.2. The SMILES string of the molecule is CNC(=S)NNC(=O)C[C@H]1Sc2ccccc2NC1=O. The molecule has 1 aromatic rings. The molecule has 0 unspecified atom stereocenters. The zero-order valence-corrected chi connectivity index (χ0v) is 12.4. The van der Waals surface area contributed by atoms with E-state index in [1.54, 1.807) is 7.05 Å². The van der Waals surface area contributed by atoms with E-state index < -0.39 is 5.25 Å². The third-order valence-corrected chi connectivity index (χ3v) is 4.20. The number of hydrogen-bond acceptors (Lipinski definition) is 4. The summed E-state index contributed by atoms with van der Waals surface area (Å²) in [5.74, 6) is -0.463. The maximum atomic E-state index is 11.9. The van der Waals surface area contributed by atoms with Crippen LogP contribution in [0.2, 0.25) is 0 Å². The van der Waals surface area contributed by atoms with Crippen molar-refractivity contribution in [1.82, 2.24) is 16.2 Å². The van der Waals surface area contributed by atoms with E-state index in [0.29, 0.717) is 5.11 Å². The number of carbonyl (C=O) groups is 2. The quantitative estimate of drug-likeness (QED) is 0.473. The van der Waals surface area contributed by atoms with Crippen LogP contribution in [-0.2, 0) is 9.59 Å². The van der Waals surface area contributed by atoms with Crippen LogP contribution in [0, 0.1) is 0 Å². The average Bonchev–Trinajstić information content (AvgIpc) is 2.45. The number of rotatable bonds is 2. The van der Waals surface area contributed by atoms with Crippen LogP contribution < -0.4 is 21.5 Å². The molecule has 0 saturated heterocycles. The van der Waals surface area contributed by atoms with Gasteiger partial charge < -0.3 is 10.6 Å². The van der Waals surface area contributed by atoms with E-state index in [2.05, 4.69) is 21.5 Å². The second-order valence-corrected chi connectivity index (χ2v) is 5.70. The fourth-order valence-corrected chi connectivity index (χ4v) is 2.80. The molecule has 0 radical (unpaired) electrons. The largest absolute Gasteiger partial charge is 0.364 e. The van der Waals surface area contributed by atoms with Gasteiger partial charge in [-0.1, -0.05) is 12.1 Å². The predicted molar refractivity (Wildman–Crippen MR) is 82.3 cm³/mol. The highest BCUT2D eigenvalue weighted by Gasteiger charge is 2.28. The number of hydrogen-bond donors (Lipinski definition) is 4. The summed E-state index contributed by atoms with van der Waals surface area (Å²) in [6, 6.07) is 7.50. The Hall–Kier alpha value is -1.80. The number of hydrazine groups is 1. The predicted octanol–water partition coefficient (Wildman–Crippen LogP) is 0.615. The Morgan fingerprint density at radius 3 is 2.90 bits per heavy atom. The molecule has 0 bridgehead atoms. The minimum absolute atomic E-state index is 0.0736. The molecular weight excluding hydrogens is 296 g/mol. The number of para-hydroxylation sites is 1. The van der Waals surface area contributed by atoms with E-state index in [9.17, 15) is 9.59 Å². The number of thioether (sulfide) groups is 1. The van der Waals surface area contributed by atoms with Crippen LogP contribution in [0.15, 0.2) is 29.2 Å². The summed E-state index contributed by atoms with van der Waals surface area (Å²) in [6.45, 7) is 0. The molecule has 1 atom stereocenters. The summed E-state index contributed by atoms with van der Waals surface area (Å²) in [4.78, 5) is 24.6. The summed E-state index contributed by atoms with van der Waals surface area (Å²) in [6.07, 6.45) is 0.0736. The van der Waals surface area contributed by atoms with Gasteiger partial charge in [-0.15, -0.1) is 11.8 Å². The third-order valence-electron chi connectivity index (χ3n) is 2.62. The molecule has 4 N–H and O–H groups in total. The molecule has 0 aromatic heterocycles. The first-order chi connectivity index (χ1) is 9.60. The minimum Gasteiger partial charge on any atom is -0.364 e. The minimum atomic E-state index is -0.449. The van der Waals surface area contributed by atoms with Crippen molar-refractivity contribution >= 4 is 46.6 Å². The second-order valence-electron chi connectivity index (χ2n) is 4.05. The van der Waals surface area contributed by atoms with Gasteiger partial charge in [-0.05, 0) is 24.4 Å². The molecule has 0 aliphatic carbocycles. The Balaban J connectivity index is 1.92. The van der Waals surface area contributed by atoms with Gasteiger partial charge in [-0.2, -0.15) is 0 Å². The summed E-state index contributed by atoms with van der Waals surface area (Å²) in [5.41, 5.74) is 5.76. The number of carbonyl (C=O) groups excluding carboxylic acids is 2. The Morgan fingerprint density at radius 1 is 1.40 bits per heavy atom. The van der Waals surface area contributed by atoms with Crippen molar-refractivity contribution in [3.63, 3.8) is 0 Å². The van der Waals surface area contributed by atoms with Crippen molar-refractivity contribution in [3.8, 4) is 0 Å². The van der Waals surface area contributed by atoms with Crippen molar-refractivity contribution in [2.45, 2.75) is 16.6 Å². The van der Waals surface area contributed by atoms with E-state index in [-0.39, 0.29) is 18.2 Å². The first-order valence-corrected chi connectivity index (χ1v) is 7.22. The number of anilines is 1. The molecule has 2 rings (SSSR count). The Morgan fingerprint density at radius 2 is 2.15 bits per heavy atom. The average molecular weight is 310 g/mol. The highest BCUT2D eigenvalue weighted by molar-refractivity contribution is 8.01. The molecule has 20 heavy (non-hydrogen) atoms. The van der Waals surface area contributed by atoms with Crippen molar-refractivity contribution < 1.29 is 9.59 Å². The van der Waals surface area contributed by atoms with Crippen LogP contribution in [0.3, 0.4) is 0 Å². The van der Waals surface area contributed by atoms with Crippen LogP contribution in [0.1, 0.15) is 6.42 Å². The van der Waals surface area contributed by atoms with Gasteiger partial charge in [0.25, 0.3) is 0 Å². The summed E-state index contributed by atoms with van der Waals surface area (Å²) < 4.78 is 0. The highest BCUT2D eigenvalue weighted by atomic mass is 32.2. The van der Waals surface area contributed by atoms with E-state index in [4.69, 9.17) is 12.2 Å². The van der Waals surface area contributed by atoms with Crippen LogP contribution in [0.5, 0.6) is 0 Å². The van der Waals surface area contributed by atoms with Gasteiger partial charge in [-0.25, -0.2) is 0 Å². The Labute approximate surface area is 126 Å². The molecule has 106 valence electrons. The van der Waals surface area contributed by atoms with Gasteiger partial charge in [0.2, 0.25) is 11.8 Å². The highest BCUT2D eigenvalue weighted by Crippen LogP contribution is 2.36. The van der Waals surface area contributed by atoms with Crippen molar-refractivity contribution in [1.29, 1.82) is 0 Å². The molecule has 0 fully saturated rings. The van der Waals surface area contributed by atoms with Gasteiger partial charge in [0.15, 0.2) is 5.11 Å². The fraction of sp³-hybridized carbons (Fsp3) is 0.250.